The molecule has 4 unspecified atom stereocenters. The van der Waals surface area contributed by atoms with Crippen LogP contribution < -0.4 is 10.2 Å². The van der Waals surface area contributed by atoms with Crippen molar-refractivity contribution in [3.05, 3.63) is 72.3 Å². The van der Waals surface area contributed by atoms with Crippen molar-refractivity contribution in [2.75, 3.05) is 10.2 Å². The number of imide groups is 1. The first-order valence-electron chi connectivity index (χ1n) is 10.1. The predicted molar refractivity (Wildman–Crippen MR) is 110 cm³/mol. The molecule has 2 aromatic carbocycles. The third-order valence-corrected chi connectivity index (χ3v) is 6.38. The van der Waals surface area contributed by atoms with Crippen LogP contribution in [0.2, 0.25) is 0 Å². The van der Waals surface area contributed by atoms with Crippen LogP contribution in [-0.2, 0) is 20.8 Å². The fraction of sp³-hybridized carbons (Fsp3) is 0.292. The molecule has 1 aliphatic heterocycles. The second kappa shape index (κ2) is 6.99. The van der Waals surface area contributed by atoms with E-state index in [0.717, 1.165) is 24.1 Å². The van der Waals surface area contributed by atoms with Gasteiger partial charge in [0.05, 0.1) is 23.9 Å². The first-order valence-corrected chi connectivity index (χ1v) is 10.1. The molecule has 2 bridgehead atoms. The SMILES string of the molecule is O=C(Cc1ccc(N2C(=O)C3C4C=CC(CC4)C3C2=O)cc1)Nc1ccccc1. The molecule has 4 atom stereocenters. The summed E-state index contributed by atoms with van der Waals surface area (Å²) in [6.07, 6.45) is 6.46. The van der Waals surface area contributed by atoms with E-state index in [-0.39, 0.29) is 47.8 Å². The lowest BCUT2D eigenvalue weighted by Gasteiger charge is -2.38. The van der Waals surface area contributed by atoms with Crippen molar-refractivity contribution in [3.63, 3.8) is 0 Å². The van der Waals surface area contributed by atoms with Crippen molar-refractivity contribution in [1.29, 1.82) is 0 Å². The molecule has 1 saturated carbocycles. The first-order chi connectivity index (χ1) is 14.1. The van der Waals surface area contributed by atoms with E-state index in [0.29, 0.717) is 5.69 Å². The largest absolute Gasteiger partial charge is 0.326 e. The average Bonchev–Trinajstić information content (AvgIpc) is 3.03. The van der Waals surface area contributed by atoms with E-state index in [1.807, 2.05) is 42.5 Å². The molecular weight excluding hydrogens is 364 g/mol. The highest BCUT2D eigenvalue weighted by Crippen LogP contribution is 2.50. The topological polar surface area (TPSA) is 66.5 Å². The Kier molecular flexibility index (Phi) is 4.31. The van der Waals surface area contributed by atoms with Gasteiger partial charge in [0, 0.05) is 5.69 Å². The fourth-order valence-corrected chi connectivity index (χ4v) is 5.00. The van der Waals surface area contributed by atoms with E-state index in [1.165, 1.54) is 4.90 Å². The Morgan fingerprint density at radius 3 is 2.00 bits per heavy atom. The quantitative estimate of drug-likeness (QED) is 0.645. The van der Waals surface area contributed by atoms with Gasteiger partial charge in [-0.15, -0.1) is 0 Å². The molecule has 29 heavy (non-hydrogen) atoms. The maximum atomic E-state index is 13.0. The number of para-hydroxylation sites is 1. The van der Waals surface area contributed by atoms with E-state index < -0.39 is 0 Å². The number of hydrogen-bond acceptors (Lipinski definition) is 3. The van der Waals surface area contributed by atoms with Gasteiger partial charge in [-0.05, 0) is 54.5 Å². The molecule has 3 amide bonds. The summed E-state index contributed by atoms with van der Waals surface area (Å²) in [5, 5.41) is 2.86. The number of nitrogens with one attached hydrogen (secondary N) is 1. The zero-order valence-electron chi connectivity index (χ0n) is 16.0. The van der Waals surface area contributed by atoms with Gasteiger partial charge in [0.25, 0.3) is 0 Å². The predicted octanol–water partition coefficient (Wildman–Crippen LogP) is 3.57. The number of nitrogens with zero attached hydrogens (tertiary/aromatic N) is 1. The number of rotatable bonds is 4. The summed E-state index contributed by atoms with van der Waals surface area (Å²) >= 11 is 0. The monoisotopic (exact) mass is 386 g/mol. The van der Waals surface area contributed by atoms with Crippen LogP contribution in [0.4, 0.5) is 11.4 Å². The van der Waals surface area contributed by atoms with Crippen molar-refractivity contribution in [2.24, 2.45) is 23.7 Å². The van der Waals surface area contributed by atoms with Crippen molar-refractivity contribution in [2.45, 2.75) is 19.3 Å². The Bertz CT molecular complexity index is 965. The molecule has 2 aromatic rings. The third kappa shape index (κ3) is 3.07. The van der Waals surface area contributed by atoms with Gasteiger partial charge in [0.2, 0.25) is 17.7 Å². The van der Waals surface area contributed by atoms with Crippen LogP contribution in [-0.4, -0.2) is 17.7 Å². The summed E-state index contributed by atoms with van der Waals surface area (Å²) in [5.41, 5.74) is 2.19. The smallest absolute Gasteiger partial charge is 0.238 e. The van der Waals surface area contributed by atoms with Crippen LogP contribution in [0.3, 0.4) is 0 Å². The van der Waals surface area contributed by atoms with E-state index in [4.69, 9.17) is 0 Å². The molecule has 2 fully saturated rings. The minimum atomic E-state index is -0.206. The minimum absolute atomic E-state index is 0.0754. The van der Waals surface area contributed by atoms with Crippen LogP contribution in [0.25, 0.3) is 0 Å². The Morgan fingerprint density at radius 2 is 1.45 bits per heavy atom. The number of hydrogen-bond donors (Lipinski definition) is 1. The molecule has 1 saturated heterocycles. The van der Waals surface area contributed by atoms with E-state index in [1.54, 1.807) is 12.1 Å². The number of carbonyl (C=O) groups excluding carboxylic acids is 3. The Labute approximate surface area is 169 Å². The van der Waals surface area contributed by atoms with Gasteiger partial charge >= 0.3 is 0 Å². The van der Waals surface area contributed by atoms with Crippen molar-refractivity contribution in [1.82, 2.24) is 0 Å². The molecule has 0 aromatic heterocycles. The zero-order valence-corrected chi connectivity index (χ0v) is 16.0. The Hall–Kier alpha value is -3.21. The van der Waals surface area contributed by atoms with E-state index >= 15 is 0 Å². The van der Waals surface area contributed by atoms with Crippen LogP contribution in [0, 0.1) is 23.7 Å². The summed E-state index contributed by atoms with van der Waals surface area (Å²) in [7, 11) is 0. The molecule has 1 heterocycles. The van der Waals surface area contributed by atoms with Gasteiger partial charge in [0.1, 0.15) is 0 Å². The van der Waals surface area contributed by atoms with E-state index in [2.05, 4.69) is 17.5 Å². The van der Waals surface area contributed by atoms with Gasteiger partial charge in [0.15, 0.2) is 0 Å². The molecule has 4 aliphatic rings. The number of carbonyl (C=O) groups is 3. The number of fused-ring (bicyclic) bond motifs is 1. The second-order valence-corrected chi connectivity index (χ2v) is 8.11. The summed E-state index contributed by atoms with van der Waals surface area (Å²) < 4.78 is 0. The molecule has 5 nitrogen and oxygen atoms in total. The van der Waals surface area contributed by atoms with E-state index in [9.17, 15) is 14.4 Å². The van der Waals surface area contributed by atoms with Crippen LogP contribution in [0.15, 0.2) is 66.7 Å². The molecule has 0 radical (unpaired) electrons. The summed E-state index contributed by atoms with van der Waals surface area (Å²) in [6, 6.07) is 16.5. The highest BCUT2D eigenvalue weighted by molar-refractivity contribution is 6.22. The van der Waals surface area contributed by atoms with Gasteiger partial charge in [-0.25, -0.2) is 0 Å². The molecular formula is C24H22N2O3. The standard InChI is InChI=1S/C24H22N2O3/c27-20(25-18-4-2-1-3-5-18)14-15-6-12-19(13-7-15)26-23(28)21-16-8-9-17(11-10-16)22(21)24(26)29/h1-9,12-13,16-17,21-22H,10-11,14H2,(H,25,27). The first kappa shape index (κ1) is 17.9. The highest BCUT2D eigenvalue weighted by atomic mass is 16.2. The van der Waals surface area contributed by atoms with Crippen LogP contribution >= 0.6 is 0 Å². The molecule has 0 spiro atoms. The zero-order chi connectivity index (χ0) is 20.0. The normalized spacial score (nSPS) is 27.2. The van der Waals surface area contributed by atoms with Crippen molar-refractivity contribution >= 4 is 29.1 Å². The van der Waals surface area contributed by atoms with Crippen LogP contribution in [0.5, 0.6) is 0 Å². The number of amides is 3. The van der Waals surface area contributed by atoms with Crippen LogP contribution in [0.1, 0.15) is 18.4 Å². The molecule has 146 valence electrons. The summed E-state index contributed by atoms with van der Waals surface area (Å²) in [4.78, 5) is 39.6. The van der Waals surface area contributed by atoms with Gasteiger partial charge in [-0.1, -0.05) is 42.5 Å². The second-order valence-electron chi connectivity index (χ2n) is 8.11. The Balaban J connectivity index is 1.30. The van der Waals surface area contributed by atoms with Crippen molar-refractivity contribution in [3.8, 4) is 0 Å². The summed E-state index contributed by atoms with van der Waals surface area (Å²) in [6.45, 7) is 0. The van der Waals surface area contributed by atoms with Gasteiger partial charge < -0.3 is 5.32 Å². The Morgan fingerprint density at radius 1 is 0.862 bits per heavy atom. The lowest BCUT2D eigenvalue weighted by Crippen LogP contribution is -2.38. The number of anilines is 2. The number of benzene rings is 2. The maximum absolute atomic E-state index is 13.0. The molecule has 6 rings (SSSR count). The number of allylic oxidation sites excluding steroid dienone is 2. The van der Waals surface area contributed by atoms with Gasteiger partial charge in [-0.3, -0.25) is 19.3 Å². The molecule has 3 aliphatic carbocycles. The third-order valence-electron chi connectivity index (χ3n) is 6.38. The summed E-state index contributed by atoms with van der Waals surface area (Å²) in [5.74, 6) is -0.293. The minimum Gasteiger partial charge on any atom is -0.326 e. The molecule has 5 heteroatoms. The lowest BCUT2D eigenvalue weighted by atomic mass is 9.63. The fourth-order valence-electron chi connectivity index (χ4n) is 5.00. The lowest BCUT2D eigenvalue weighted by molar-refractivity contribution is -0.124. The average molecular weight is 386 g/mol. The highest BCUT2D eigenvalue weighted by Gasteiger charge is 2.56. The molecule has 1 N–H and O–H groups in total. The van der Waals surface area contributed by atoms with Gasteiger partial charge in [-0.2, -0.15) is 0 Å². The maximum Gasteiger partial charge on any atom is 0.238 e. The van der Waals surface area contributed by atoms with Crippen molar-refractivity contribution < 1.29 is 14.4 Å².